The first kappa shape index (κ1) is 17.5. The predicted octanol–water partition coefficient (Wildman–Crippen LogP) is 1.18. The molecule has 5 N–H and O–H groups in total. The van der Waals surface area contributed by atoms with Crippen molar-refractivity contribution in [3.63, 3.8) is 0 Å². The summed E-state index contributed by atoms with van der Waals surface area (Å²) in [4.78, 5) is 11.9. The van der Waals surface area contributed by atoms with Gasteiger partial charge in [0.25, 0.3) is 0 Å². The second kappa shape index (κ2) is 7.43. The van der Waals surface area contributed by atoms with Gasteiger partial charge in [-0.15, -0.1) is 0 Å². The smallest absolute Gasteiger partial charge is 0.237 e. The zero-order chi connectivity index (χ0) is 16.0. The molecule has 1 amide bonds. The molecular weight excluding hydrogens is 268 g/mol. The van der Waals surface area contributed by atoms with Crippen molar-refractivity contribution in [2.75, 3.05) is 6.54 Å². The van der Waals surface area contributed by atoms with E-state index >= 15 is 0 Å². The van der Waals surface area contributed by atoms with Gasteiger partial charge in [0.1, 0.15) is 5.75 Å². The van der Waals surface area contributed by atoms with Gasteiger partial charge in [0.15, 0.2) is 0 Å². The van der Waals surface area contributed by atoms with Crippen LogP contribution < -0.4 is 11.1 Å². The highest BCUT2D eigenvalue weighted by molar-refractivity contribution is 5.81. The molecule has 0 fully saturated rings. The van der Waals surface area contributed by atoms with Gasteiger partial charge in [0, 0.05) is 6.54 Å². The SMILES string of the molecule is CC(C)(C)CC(O)CNC(=O)[C@@H](N)Cc1ccc(O)cc1. The summed E-state index contributed by atoms with van der Waals surface area (Å²) in [5.74, 6) is -0.0990. The molecule has 1 unspecified atom stereocenters. The lowest BCUT2D eigenvalue weighted by molar-refractivity contribution is -0.122. The first-order valence-corrected chi connectivity index (χ1v) is 7.16. The molecule has 0 radical (unpaired) electrons. The molecule has 2 atom stereocenters. The van der Waals surface area contributed by atoms with Crippen LogP contribution in [0, 0.1) is 5.41 Å². The molecule has 0 aliphatic carbocycles. The van der Waals surface area contributed by atoms with E-state index in [-0.39, 0.29) is 23.6 Å². The van der Waals surface area contributed by atoms with Gasteiger partial charge in [-0.3, -0.25) is 4.79 Å². The number of aromatic hydroxyl groups is 1. The fourth-order valence-electron chi connectivity index (χ4n) is 2.11. The average molecular weight is 294 g/mol. The topological polar surface area (TPSA) is 95.6 Å². The van der Waals surface area contributed by atoms with E-state index < -0.39 is 12.1 Å². The minimum absolute atomic E-state index is 0.0122. The molecule has 118 valence electrons. The number of nitrogens with two attached hydrogens (primary N) is 1. The molecule has 0 spiro atoms. The number of carbonyl (C=O) groups is 1. The fraction of sp³-hybridized carbons (Fsp3) is 0.562. The van der Waals surface area contributed by atoms with Crippen molar-refractivity contribution in [3.05, 3.63) is 29.8 Å². The van der Waals surface area contributed by atoms with Crippen LogP contribution in [0.1, 0.15) is 32.8 Å². The Kier molecular flexibility index (Phi) is 6.18. The fourth-order valence-corrected chi connectivity index (χ4v) is 2.11. The van der Waals surface area contributed by atoms with Gasteiger partial charge in [-0.25, -0.2) is 0 Å². The normalized spacial score (nSPS) is 14.5. The zero-order valence-electron chi connectivity index (χ0n) is 13.0. The molecular formula is C16H26N2O3. The molecule has 0 saturated heterocycles. The van der Waals surface area contributed by atoms with E-state index in [1.54, 1.807) is 24.3 Å². The minimum atomic E-state index is -0.670. The quantitative estimate of drug-likeness (QED) is 0.633. The summed E-state index contributed by atoms with van der Waals surface area (Å²) in [6.07, 6.45) is 0.428. The standard InChI is InChI=1S/C16H26N2O3/c1-16(2,3)9-13(20)10-18-15(21)14(17)8-11-4-6-12(19)7-5-11/h4-7,13-14,19-20H,8-10,17H2,1-3H3,(H,18,21)/t13?,14-/m0/s1. The number of aliphatic hydroxyl groups is 1. The number of aliphatic hydroxyl groups excluding tert-OH is 1. The number of amides is 1. The molecule has 0 saturated carbocycles. The van der Waals surface area contributed by atoms with E-state index in [9.17, 15) is 15.0 Å². The number of hydrogen-bond acceptors (Lipinski definition) is 4. The molecule has 1 aromatic rings. The number of benzene rings is 1. The summed E-state index contributed by atoms with van der Waals surface area (Å²) in [6, 6.07) is 5.92. The maximum atomic E-state index is 11.9. The molecule has 21 heavy (non-hydrogen) atoms. The first-order valence-electron chi connectivity index (χ1n) is 7.16. The maximum absolute atomic E-state index is 11.9. The average Bonchev–Trinajstić information content (AvgIpc) is 2.36. The van der Waals surface area contributed by atoms with Gasteiger partial charge in [-0.2, -0.15) is 0 Å². The van der Waals surface area contributed by atoms with Gasteiger partial charge < -0.3 is 21.3 Å². The maximum Gasteiger partial charge on any atom is 0.237 e. The van der Waals surface area contributed by atoms with Gasteiger partial charge >= 0.3 is 0 Å². The molecule has 0 aliphatic heterocycles. The van der Waals surface area contributed by atoms with E-state index in [4.69, 9.17) is 5.73 Å². The molecule has 0 aliphatic rings. The summed E-state index contributed by atoms with van der Waals surface area (Å²) in [5, 5.41) is 21.7. The Hall–Kier alpha value is -1.59. The number of rotatable bonds is 6. The summed E-state index contributed by atoms with van der Waals surface area (Å²) >= 11 is 0. The van der Waals surface area contributed by atoms with Crippen LogP contribution in [0.25, 0.3) is 0 Å². The Balaban J connectivity index is 2.39. The molecule has 1 rings (SSSR count). The van der Waals surface area contributed by atoms with Crippen molar-refractivity contribution >= 4 is 5.91 Å². The van der Waals surface area contributed by atoms with E-state index in [0.29, 0.717) is 12.8 Å². The molecule has 5 heteroatoms. The van der Waals surface area contributed by atoms with Crippen molar-refractivity contribution in [3.8, 4) is 5.75 Å². The number of carbonyl (C=O) groups excluding carboxylic acids is 1. The van der Waals surface area contributed by atoms with Crippen LogP contribution >= 0.6 is 0 Å². The molecule has 5 nitrogen and oxygen atoms in total. The monoisotopic (exact) mass is 294 g/mol. The Morgan fingerprint density at radius 2 is 1.86 bits per heavy atom. The van der Waals surface area contributed by atoms with Crippen molar-refractivity contribution < 1.29 is 15.0 Å². The summed E-state index contributed by atoms with van der Waals surface area (Å²) < 4.78 is 0. The lowest BCUT2D eigenvalue weighted by Gasteiger charge is -2.23. The number of phenolic OH excluding ortho intramolecular Hbond substituents is 1. The summed E-state index contributed by atoms with van der Waals surface area (Å²) in [6.45, 7) is 6.32. The molecule has 0 aromatic heterocycles. The Bertz CT molecular complexity index is 452. The molecule has 0 heterocycles. The highest BCUT2D eigenvalue weighted by atomic mass is 16.3. The van der Waals surface area contributed by atoms with Crippen LogP contribution in [0.15, 0.2) is 24.3 Å². The largest absolute Gasteiger partial charge is 0.508 e. The van der Waals surface area contributed by atoms with Gasteiger partial charge in [0.2, 0.25) is 5.91 Å². The van der Waals surface area contributed by atoms with Crippen molar-refractivity contribution in [2.45, 2.75) is 45.8 Å². The van der Waals surface area contributed by atoms with Crippen LogP contribution in [-0.4, -0.2) is 34.8 Å². The van der Waals surface area contributed by atoms with Crippen molar-refractivity contribution in [2.24, 2.45) is 11.1 Å². The second-order valence-corrected chi connectivity index (χ2v) is 6.64. The highest BCUT2D eigenvalue weighted by Gasteiger charge is 2.19. The minimum Gasteiger partial charge on any atom is -0.508 e. The summed E-state index contributed by atoms with van der Waals surface area (Å²) in [7, 11) is 0. The predicted molar refractivity (Wildman–Crippen MR) is 82.9 cm³/mol. The first-order chi connectivity index (χ1) is 9.67. The lowest BCUT2D eigenvalue weighted by Crippen LogP contribution is -2.45. The third kappa shape index (κ3) is 7.11. The Morgan fingerprint density at radius 1 is 1.29 bits per heavy atom. The van der Waals surface area contributed by atoms with E-state index in [2.05, 4.69) is 5.32 Å². The van der Waals surface area contributed by atoms with Crippen LogP contribution in [0.3, 0.4) is 0 Å². The summed E-state index contributed by atoms with van der Waals surface area (Å²) in [5.41, 5.74) is 6.74. The van der Waals surface area contributed by atoms with Crippen LogP contribution in [-0.2, 0) is 11.2 Å². The van der Waals surface area contributed by atoms with Crippen LogP contribution in [0.2, 0.25) is 0 Å². The zero-order valence-corrected chi connectivity index (χ0v) is 13.0. The van der Waals surface area contributed by atoms with Gasteiger partial charge in [0.05, 0.1) is 12.1 Å². The lowest BCUT2D eigenvalue weighted by atomic mass is 9.89. The van der Waals surface area contributed by atoms with Crippen LogP contribution in [0.5, 0.6) is 5.75 Å². The third-order valence-electron chi connectivity index (χ3n) is 3.09. The highest BCUT2D eigenvalue weighted by Crippen LogP contribution is 2.20. The van der Waals surface area contributed by atoms with Crippen LogP contribution in [0.4, 0.5) is 0 Å². The Morgan fingerprint density at radius 3 is 2.38 bits per heavy atom. The molecule has 0 bridgehead atoms. The number of hydrogen-bond donors (Lipinski definition) is 4. The Labute approximate surface area is 126 Å². The third-order valence-corrected chi connectivity index (χ3v) is 3.09. The molecule has 1 aromatic carbocycles. The second-order valence-electron chi connectivity index (χ2n) is 6.64. The van der Waals surface area contributed by atoms with Crippen molar-refractivity contribution in [1.82, 2.24) is 5.32 Å². The van der Waals surface area contributed by atoms with Gasteiger partial charge in [-0.05, 0) is 36.0 Å². The van der Waals surface area contributed by atoms with E-state index in [1.165, 1.54) is 0 Å². The van der Waals surface area contributed by atoms with Crippen molar-refractivity contribution in [1.29, 1.82) is 0 Å². The number of nitrogens with one attached hydrogen (secondary N) is 1. The van der Waals surface area contributed by atoms with E-state index in [1.807, 2.05) is 20.8 Å². The van der Waals surface area contributed by atoms with Gasteiger partial charge in [-0.1, -0.05) is 32.9 Å². The van der Waals surface area contributed by atoms with E-state index in [0.717, 1.165) is 5.56 Å². The number of phenols is 1.